The molecule has 1 saturated heterocycles. The van der Waals surface area contributed by atoms with Gasteiger partial charge in [-0.1, -0.05) is 34.1 Å². The first-order chi connectivity index (χ1) is 13.0. The fourth-order valence-electron chi connectivity index (χ4n) is 3.46. The van der Waals surface area contributed by atoms with Crippen LogP contribution in [0.1, 0.15) is 29.6 Å². The number of nitrogens with two attached hydrogens (primary N) is 1. The monoisotopic (exact) mass is 429 g/mol. The van der Waals surface area contributed by atoms with Crippen LogP contribution in [0.5, 0.6) is 0 Å². The van der Waals surface area contributed by atoms with Crippen molar-refractivity contribution < 1.29 is 14.4 Å². The van der Waals surface area contributed by atoms with Crippen molar-refractivity contribution in [3.8, 4) is 0 Å². The topological polar surface area (TPSA) is 84.7 Å². The maximum atomic E-state index is 12.9. The zero-order chi connectivity index (χ0) is 19.0. The molecular weight excluding hydrogens is 410 g/mol. The van der Waals surface area contributed by atoms with E-state index < -0.39 is 12.0 Å². The van der Waals surface area contributed by atoms with Crippen LogP contribution in [0.3, 0.4) is 0 Å². The van der Waals surface area contributed by atoms with Crippen molar-refractivity contribution >= 4 is 39.2 Å². The quantitative estimate of drug-likeness (QED) is 0.725. The first-order valence-electron chi connectivity index (χ1n) is 8.86. The molecule has 7 heteroatoms. The molecule has 1 aliphatic carbocycles. The molecule has 0 aromatic heterocycles. The minimum atomic E-state index is -0.529. The molecule has 0 radical (unpaired) electrons. The second-order valence-electron chi connectivity index (χ2n) is 7.26. The highest BCUT2D eigenvalue weighted by Gasteiger charge is 2.55. The number of halogens is 1. The summed E-state index contributed by atoms with van der Waals surface area (Å²) in [7, 11) is 0. The minimum absolute atomic E-state index is 0.0851. The van der Waals surface area contributed by atoms with E-state index in [2.05, 4.69) is 21.2 Å². The predicted octanol–water partition coefficient (Wildman–Crippen LogP) is 3.60. The molecule has 1 saturated carbocycles. The van der Waals surface area contributed by atoms with Crippen LogP contribution in [0.4, 0.5) is 11.4 Å². The van der Waals surface area contributed by atoms with Crippen molar-refractivity contribution in [3.63, 3.8) is 0 Å². The van der Waals surface area contributed by atoms with Gasteiger partial charge in [-0.15, -0.1) is 5.06 Å². The van der Waals surface area contributed by atoms with Gasteiger partial charge in [-0.25, -0.2) is 4.79 Å². The number of nitrogens with one attached hydrogen (secondary N) is 1. The molecular formula is C20H20BrN3O3. The number of hydrogen-bond acceptors (Lipinski definition) is 5. The summed E-state index contributed by atoms with van der Waals surface area (Å²) in [6.07, 6.45) is 2.78. The lowest BCUT2D eigenvalue weighted by Crippen LogP contribution is -2.41. The number of carbonyl (C=O) groups excluding carboxylic acids is 2. The summed E-state index contributed by atoms with van der Waals surface area (Å²) in [6.45, 7) is 0.581. The molecule has 2 aliphatic rings. The molecule has 140 valence electrons. The van der Waals surface area contributed by atoms with Crippen molar-refractivity contribution in [3.05, 3.63) is 58.6 Å². The highest BCUT2D eigenvalue weighted by atomic mass is 79.9. The third kappa shape index (κ3) is 3.84. The molecule has 2 aromatic rings. The lowest BCUT2D eigenvalue weighted by molar-refractivity contribution is -0.144. The number of nitrogens with zero attached hydrogens (tertiary/aromatic N) is 1. The molecule has 4 rings (SSSR count). The molecule has 1 amide bonds. The van der Waals surface area contributed by atoms with Gasteiger partial charge in [0.25, 0.3) is 0 Å². The van der Waals surface area contributed by atoms with Gasteiger partial charge in [0.15, 0.2) is 0 Å². The van der Waals surface area contributed by atoms with E-state index in [1.54, 1.807) is 36.4 Å². The van der Waals surface area contributed by atoms with Gasteiger partial charge >= 0.3 is 5.97 Å². The average Bonchev–Trinajstić information content (AvgIpc) is 3.32. The van der Waals surface area contributed by atoms with Crippen molar-refractivity contribution in [2.75, 3.05) is 17.6 Å². The second kappa shape index (κ2) is 6.98. The highest BCUT2D eigenvalue weighted by Crippen LogP contribution is 2.55. The van der Waals surface area contributed by atoms with Gasteiger partial charge in [-0.3, -0.25) is 4.79 Å². The van der Waals surface area contributed by atoms with Gasteiger partial charge in [-0.05, 0) is 55.0 Å². The summed E-state index contributed by atoms with van der Waals surface area (Å²) in [5.41, 5.74) is 7.53. The summed E-state index contributed by atoms with van der Waals surface area (Å²) in [4.78, 5) is 30.9. The van der Waals surface area contributed by atoms with Gasteiger partial charge in [0, 0.05) is 11.0 Å². The van der Waals surface area contributed by atoms with Crippen molar-refractivity contribution in [2.45, 2.75) is 25.3 Å². The molecule has 2 fully saturated rings. The van der Waals surface area contributed by atoms with E-state index in [9.17, 15) is 9.59 Å². The number of anilines is 2. The van der Waals surface area contributed by atoms with Crippen LogP contribution in [0.25, 0.3) is 0 Å². The maximum absolute atomic E-state index is 12.9. The smallest absolute Gasteiger partial charge is 0.357 e. The van der Waals surface area contributed by atoms with Gasteiger partial charge in [0.05, 0.1) is 16.9 Å². The second-order valence-corrected chi connectivity index (χ2v) is 8.18. The molecule has 2 aromatic carbocycles. The Hall–Kier alpha value is -2.38. The third-order valence-electron chi connectivity index (χ3n) is 5.21. The number of benzene rings is 2. The van der Waals surface area contributed by atoms with E-state index in [0.29, 0.717) is 29.9 Å². The lowest BCUT2D eigenvalue weighted by atomic mass is 10.0. The summed E-state index contributed by atoms with van der Waals surface area (Å²) in [5.74, 6) is -0.669. The number of hydroxylamine groups is 2. The van der Waals surface area contributed by atoms with Crippen LogP contribution < -0.4 is 11.1 Å². The Morgan fingerprint density at radius 3 is 2.63 bits per heavy atom. The predicted molar refractivity (Wildman–Crippen MR) is 106 cm³/mol. The van der Waals surface area contributed by atoms with E-state index in [1.165, 1.54) is 5.06 Å². The first-order valence-corrected chi connectivity index (χ1v) is 9.65. The summed E-state index contributed by atoms with van der Waals surface area (Å²) < 4.78 is 0.824. The SMILES string of the molecule is Nc1ccc(Br)cc1NC(=O)[C@@H]1CC2(CC2)CN1OC(=O)c1ccccc1. The molecule has 0 unspecified atom stereocenters. The van der Waals surface area contributed by atoms with Gasteiger partial charge in [0.2, 0.25) is 5.91 Å². The number of amides is 1. The number of hydrogen-bond donors (Lipinski definition) is 2. The van der Waals surface area contributed by atoms with Crippen molar-refractivity contribution in [1.29, 1.82) is 0 Å². The largest absolute Gasteiger partial charge is 0.397 e. The summed E-state index contributed by atoms with van der Waals surface area (Å²) in [5, 5.41) is 4.41. The number of nitrogen functional groups attached to an aromatic ring is 1. The highest BCUT2D eigenvalue weighted by molar-refractivity contribution is 9.10. The Balaban J connectivity index is 1.50. The van der Waals surface area contributed by atoms with E-state index in [0.717, 1.165) is 17.3 Å². The van der Waals surface area contributed by atoms with Crippen molar-refractivity contribution in [1.82, 2.24) is 5.06 Å². The van der Waals surface area contributed by atoms with Crippen molar-refractivity contribution in [2.24, 2.45) is 5.41 Å². The minimum Gasteiger partial charge on any atom is -0.397 e. The molecule has 1 atom stereocenters. The Labute approximate surface area is 165 Å². The van der Waals surface area contributed by atoms with Crippen LogP contribution in [-0.4, -0.2) is 29.5 Å². The normalized spacial score (nSPS) is 20.4. The lowest BCUT2D eigenvalue weighted by Gasteiger charge is -2.22. The fraction of sp³-hybridized carbons (Fsp3) is 0.300. The Bertz CT molecular complexity index is 883. The summed E-state index contributed by atoms with van der Waals surface area (Å²) in [6, 6.07) is 13.6. The molecule has 1 heterocycles. The molecule has 6 nitrogen and oxygen atoms in total. The number of carbonyl (C=O) groups is 2. The molecule has 3 N–H and O–H groups in total. The van der Waals surface area contributed by atoms with E-state index in [-0.39, 0.29) is 11.3 Å². The van der Waals surface area contributed by atoms with E-state index >= 15 is 0 Å². The van der Waals surface area contributed by atoms with Gasteiger partial charge in [-0.2, -0.15) is 0 Å². The van der Waals surface area contributed by atoms with E-state index in [4.69, 9.17) is 10.6 Å². The van der Waals surface area contributed by atoms with E-state index in [1.807, 2.05) is 12.1 Å². The molecule has 27 heavy (non-hydrogen) atoms. The molecule has 1 spiro atoms. The first kappa shape index (κ1) is 18.0. The Morgan fingerprint density at radius 2 is 1.93 bits per heavy atom. The standard InChI is InChI=1S/C20H20BrN3O3/c21-14-6-7-15(22)16(10-14)23-18(25)17-11-20(8-9-20)12-24(17)27-19(26)13-4-2-1-3-5-13/h1-7,10,17H,8-9,11-12,22H2,(H,23,25)/t17-/m0/s1. The summed E-state index contributed by atoms with van der Waals surface area (Å²) >= 11 is 3.38. The number of rotatable bonds is 4. The van der Waals surface area contributed by atoms with Gasteiger partial charge in [0.1, 0.15) is 6.04 Å². The van der Waals surface area contributed by atoms with Crippen LogP contribution in [0.15, 0.2) is 53.0 Å². The maximum Gasteiger partial charge on any atom is 0.357 e. The fourth-order valence-corrected chi connectivity index (χ4v) is 3.82. The molecule has 0 bridgehead atoms. The third-order valence-corrected chi connectivity index (χ3v) is 5.70. The zero-order valence-corrected chi connectivity index (χ0v) is 16.2. The Morgan fingerprint density at radius 1 is 1.19 bits per heavy atom. The van der Waals surface area contributed by atoms with Crippen LogP contribution in [0.2, 0.25) is 0 Å². The van der Waals surface area contributed by atoms with Crippen LogP contribution in [0, 0.1) is 5.41 Å². The van der Waals surface area contributed by atoms with Crippen LogP contribution >= 0.6 is 15.9 Å². The average molecular weight is 430 g/mol. The molecule has 1 aliphatic heterocycles. The van der Waals surface area contributed by atoms with Gasteiger partial charge < -0.3 is 15.9 Å². The zero-order valence-electron chi connectivity index (χ0n) is 14.7. The Kier molecular flexibility index (Phi) is 4.65. The van der Waals surface area contributed by atoms with Crippen LogP contribution in [-0.2, 0) is 9.63 Å².